The molecule has 15 heavy (non-hydrogen) atoms. The van der Waals surface area contributed by atoms with Crippen molar-refractivity contribution in [3.8, 4) is 0 Å². The van der Waals surface area contributed by atoms with E-state index in [1.54, 1.807) is 0 Å². The summed E-state index contributed by atoms with van der Waals surface area (Å²) in [4.78, 5) is 12.0. The topological polar surface area (TPSA) is 17.1 Å². The lowest BCUT2D eigenvalue weighted by Gasteiger charge is -2.26. The third kappa shape index (κ3) is 3.24. The fourth-order valence-corrected chi connectivity index (χ4v) is 4.01. The van der Waals surface area contributed by atoms with Crippen molar-refractivity contribution in [2.45, 2.75) is 57.1 Å². The minimum atomic E-state index is 0.365. The van der Waals surface area contributed by atoms with Crippen molar-refractivity contribution < 1.29 is 4.79 Å². The normalized spacial score (nSPS) is 36.7. The highest BCUT2D eigenvalue weighted by Gasteiger charge is 2.27. The molecule has 2 aliphatic rings. The van der Waals surface area contributed by atoms with Crippen LogP contribution in [0.25, 0.3) is 0 Å². The first-order valence-electron chi connectivity index (χ1n) is 6.40. The monoisotopic (exact) mass is 226 g/mol. The van der Waals surface area contributed by atoms with Gasteiger partial charge in [-0.15, -0.1) is 0 Å². The maximum Gasteiger partial charge on any atom is 0.146 e. The second-order valence-corrected chi connectivity index (χ2v) is 6.61. The van der Waals surface area contributed by atoms with Gasteiger partial charge >= 0.3 is 0 Å². The minimum Gasteiger partial charge on any atom is -0.298 e. The van der Waals surface area contributed by atoms with Crippen LogP contribution in [0.5, 0.6) is 0 Å². The van der Waals surface area contributed by atoms with Gasteiger partial charge in [-0.1, -0.05) is 19.8 Å². The molecule has 0 radical (unpaired) electrons. The van der Waals surface area contributed by atoms with E-state index in [0.29, 0.717) is 11.0 Å². The van der Waals surface area contributed by atoms with Crippen LogP contribution in [-0.2, 0) is 4.79 Å². The molecular weight excluding hydrogens is 204 g/mol. The van der Waals surface area contributed by atoms with E-state index >= 15 is 0 Å². The van der Waals surface area contributed by atoms with Crippen molar-refractivity contribution in [2.75, 3.05) is 5.75 Å². The van der Waals surface area contributed by atoms with Crippen LogP contribution in [0.4, 0.5) is 0 Å². The van der Waals surface area contributed by atoms with E-state index in [1.807, 2.05) is 11.8 Å². The fourth-order valence-electron chi connectivity index (χ4n) is 2.78. The predicted octanol–water partition coefficient (Wildman–Crippen LogP) is 3.67. The number of Topliss-reactive ketones (excluding diaryl/α,β-unsaturated/α-hetero) is 1. The summed E-state index contributed by atoms with van der Waals surface area (Å²) in [6.45, 7) is 2.34. The van der Waals surface area contributed by atoms with Crippen LogP contribution in [0.2, 0.25) is 0 Å². The Hall–Kier alpha value is 0.0200. The molecule has 2 fully saturated rings. The van der Waals surface area contributed by atoms with Crippen molar-refractivity contribution >= 4 is 17.5 Å². The molecule has 0 aromatic rings. The number of hydrogen-bond acceptors (Lipinski definition) is 2. The maximum absolute atomic E-state index is 12.0. The van der Waals surface area contributed by atoms with Gasteiger partial charge in [-0.05, 0) is 43.3 Å². The molecule has 0 N–H and O–H groups in total. The zero-order chi connectivity index (χ0) is 10.7. The highest BCUT2D eigenvalue weighted by Crippen LogP contribution is 2.34. The average Bonchev–Trinajstić information content (AvgIpc) is 2.74. The van der Waals surface area contributed by atoms with Crippen LogP contribution in [0.15, 0.2) is 0 Å². The van der Waals surface area contributed by atoms with Crippen LogP contribution in [0.1, 0.15) is 51.9 Å². The zero-order valence-corrected chi connectivity index (χ0v) is 10.5. The molecule has 1 saturated heterocycles. The molecule has 86 valence electrons. The largest absolute Gasteiger partial charge is 0.298 e. The Labute approximate surface area is 97.4 Å². The van der Waals surface area contributed by atoms with Gasteiger partial charge in [0, 0.05) is 6.42 Å². The molecule has 0 spiro atoms. The van der Waals surface area contributed by atoms with E-state index in [4.69, 9.17) is 0 Å². The number of rotatable bonds is 3. The van der Waals surface area contributed by atoms with Crippen LogP contribution < -0.4 is 0 Å². The zero-order valence-electron chi connectivity index (χ0n) is 9.71. The number of carbonyl (C=O) groups excluding carboxylic acids is 1. The number of ketones is 1. The molecule has 0 amide bonds. The summed E-state index contributed by atoms with van der Waals surface area (Å²) in [5, 5.41) is 0.365. The molecule has 1 nitrogen and oxygen atoms in total. The highest BCUT2D eigenvalue weighted by atomic mass is 32.2. The molecule has 2 rings (SSSR count). The maximum atomic E-state index is 12.0. The summed E-state index contributed by atoms with van der Waals surface area (Å²) in [5.41, 5.74) is 0. The van der Waals surface area contributed by atoms with Crippen LogP contribution >= 0.6 is 11.8 Å². The van der Waals surface area contributed by atoms with Crippen molar-refractivity contribution in [2.24, 2.45) is 11.8 Å². The lowest BCUT2D eigenvalue weighted by Crippen LogP contribution is -2.21. The second-order valence-electron chi connectivity index (χ2n) is 5.30. The second kappa shape index (κ2) is 5.38. The molecule has 1 heterocycles. The first kappa shape index (κ1) is 11.5. The number of hydrogen-bond donors (Lipinski definition) is 0. The SMILES string of the molecule is CC1CCC(CC(=O)C2CCCS2)CC1. The van der Waals surface area contributed by atoms with E-state index < -0.39 is 0 Å². The standard InChI is InChI=1S/C13H22OS/c1-10-4-6-11(7-5-10)9-12(14)13-3-2-8-15-13/h10-11,13H,2-9H2,1H3. The van der Waals surface area contributed by atoms with E-state index in [2.05, 4.69) is 6.92 Å². The Morgan fingerprint density at radius 1 is 1.20 bits per heavy atom. The van der Waals surface area contributed by atoms with Gasteiger partial charge in [-0.3, -0.25) is 4.79 Å². The molecule has 2 heteroatoms. The van der Waals surface area contributed by atoms with Crippen molar-refractivity contribution in [1.29, 1.82) is 0 Å². The highest BCUT2D eigenvalue weighted by molar-refractivity contribution is 8.00. The van der Waals surface area contributed by atoms with Crippen LogP contribution in [0, 0.1) is 11.8 Å². The Balaban J connectivity index is 1.74. The van der Waals surface area contributed by atoms with Gasteiger partial charge in [0.1, 0.15) is 5.78 Å². The Bertz CT molecular complexity index is 213. The van der Waals surface area contributed by atoms with Crippen LogP contribution in [-0.4, -0.2) is 16.8 Å². The smallest absolute Gasteiger partial charge is 0.146 e. The van der Waals surface area contributed by atoms with Crippen LogP contribution in [0.3, 0.4) is 0 Å². The number of thioether (sulfide) groups is 1. The van der Waals surface area contributed by atoms with Crippen molar-refractivity contribution in [1.82, 2.24) is 0 Å². The third-order valence-corrected chi connectivity index (χ3v) is 5.34. The molecule has 1 aliphatic carbocycles. The van der Waals surface area contributed by atoms with Crippen molar-refractivity contribution in [3.63, 3.8) is 0 Å². The Morgan fingerprint density at radius 2 is 1.93 bits per heavy atom. The molecule has 1 atom stereocenters. The third-order valence-electron chi connectivity index (χ3n) is 3.91. The summed E-state index contributed by atoms with van der Waals surface area (Å²) in [5.74, 6) is 3.38. The van der Waals surface area contributed by atoms with E-state index in [-0.39, 0.29) is 0 Å². The van der Waals surface area contributed by atoms with Gasteiger partial charge in [0.05, 0.1) is 5.25 Å². The number of carbonyl (C=O) groups is 1. The van der Waals surface area contributed by atoms with E-state index in [9.17, 15) is 4.79 Å². The molecule has 0 aromatic heterocycles. The minimum absolute atomic E-state index is 0.365. The Morgan fingerprint density at radius 3 is 2.53 bits per heavy atom. The summed E-state index contributed by atoms with van der Waals surface area (Å²) < 4.78 is 0. The molecule has 1 aliphatic heterocycles. The first-order valence-corrected chi connectivity index (χ1v) is 7.45. The Kier molecular flexibility index (Phi) is 4.13. The van der Waals surface area contributed by atoms with Gasteiger partial charge in [0.15, 0.2) is 0 Å². The lowest BCUT2D eigenvalue weighted by molar-refractivity contribution is -0.119. The summed E-state index contributed by atoms with van der Waals surface area (Å²) in [6.07, 6.45) is 8.56. The van der Waals surface area contributed by atoms with Gasteiger partial charge in [-0.25, -0.2) is 0 Å². The average molecular weight is 226 g/mol. The van der Waals surface area contributed by atoms with E-state index in [0.717, 1.165) is 24.7 Å². The fraction of sp³-hybridized carbons (Fsp3) is 0.923. The van der Waals surface area contributed by atoms with Gasteiger partial charge in [0.2, 0.25) is 0 Å². The lowest BCUT2D eigenvalue weighted by atomic mass is 9.80. The molecule has 1 unspecified atom stereocenters. The molecule has 1 saturated carbocycles. The molecular formula is C13H22OS. The summed E-state index contributed by atoms with van der Waals surface area (Å²) >= 11 is 1.89. The first-order chi connectivity index (χ1) is 7.25. The molecule has 0 bridgehead atoms. The summed E-state index contributed by atoms with van der Waals surface area (Å²) in [6, 6.07) is 0. The van der Waals surface area contributed by atoms with Gasteiger partial charge < -0.3 is 0 Å². The summed E-state index contributed by atoms with van der Waals surface area (Å²) in [7, 11) is 0. The van der Waals surface area contributed by atoms with Gasteiger partial charge in [0.25, 0.3) is 0 Å². The quantitative estimate of drug-likeness (QED) is 0.730. The predicted molar refractivity (Wildman–Crippen MR) is 66.2 cm³/mol. The molecule has 0 aromatic carbocycles. The van der Waals surface area contributed by atoms with Gasteiger partial charge in [-0.2, -0.15) is 11.8 Å². The van der Waals surface area contributed by atoms with Crippen molar-refractivity contribution in [3.05, 3.63) is 0 Å². The van der Waals surface area contributed by atoms with E-state index in [1.165, 1.54) is 37.9 Å².